The van der Waals surface area contributed by atoms with Crippen LogP contribution in [0.4, 0.5) is 14.9 Å². The number of benzene rings is 1. The minimum Gasteiger partial charge on any atom is -0.379 e. The Bertz CT molecular complexity index is 835. The predicted octanol–water partition coefficient (Wildman–Crippen LogP) is 1.68. The molecule has 0 saturated carbocycles. The molecule has 1 N–H and O–H groups in total. The van der Waals surface area contributed by atoms with Gasteiger partial charge in [0.1, 0.15) is 0 Å². The Morgan fingerprint density at radius 1 is 1.34 bits per heavy atom. The van der Waals surface area contributed by atoms with Crippen LogP contribution in [0.1, 0.15) is 6.42 Å². The molecule has 2 amide bonds. The van der Waals surface area contributed by atoms with Crippen LogP contribution in [0, 0.1) is 5.82 Å². The number of morpholine rings is 1. The van der Waals surface area contributed by atoms with Crippen LogP contribution in [0.2, 0.25) is 5.02 Å². The summed E-state index contributed by atoms with van der Waals surface area (Å²) in [5, 5.41) is 2.44. The molecule has 2 aliphatic heterocycles. The van der Waals surface area contributed by atoms with Gasteiger partial charge in [0.25, 0.3) is 0 Å². The number of likely N-dealkylation sites (tertiary alicyclic amines) is 1. The third kappa shape index (κ3) is 5.79. The molecular formula is C18H26ClFN4O4S. The number of halogens is 2. The fourth-order valence-electron chi connectivity index (χ4n) is 3.64. The van der Waals surface area contributed by atoms with Crippen LogP contribution in [0.3, 0.4) is 0 Å². The lowest BCUT2D eigenvalue weighted by molar-refractivity contribution is 0.0354. The smallest absolute Gasteiger partial charge is 0.321 e. The highest BCUT2D eigenvalue weighted by Crippen LogP contribution is 2.24. The zero-order chi connectivity index (χ0) is 21.0. The molecule has 1 aromatic carbocycles. The summed E-state index contributed by atoms with van der Waals surface area (Å²) in [7, 11) is -3.43. The van der Waals surface area contributed by atoms with Gasteiger partial charge in [-0.15, -0.1) is 0 Å². The molecule has 1 atom stereocenters. The largest absolute Gasteiger partial charge is 0.379 e. The molecule has 1 unspecified atom stereocenters. The summed E-state index contributed by atoms with van der Waals surface area (Å²) in [6, 6.07) is 3.59. The van der Waals surface area contributed by atoms with Crippen molar-refractivity contribution in [3.8, 4) is 0 Å². The number of hydrogen-bond acceptors (Lipinski definition) is 5. The van der Waals surface area contributed by atoms with Crippen LogP contribution in [0.15, 0.2) is 18.2 Å². The molecule has 0 aromatic heterocycles. The minimum atomic E-state index is -3.43. The van der Waals surface area contributed by atoms with Gasteiger partial charge in [-0.05, 0) is 18.6 Å². The van der Waals surface area contributed by atoms with Crippen molar-refractivity contribution in [2.24, 2.45) is 0 Å². The monoisotopic (exact) mass is 448 g/mol. The van der Waals surface area contributed by atoms with Gasteiger partial charge in [0.2, 0.25) is 10.0 Å². The maximum absolute atomic E-state index is 14.0. The van der Waals surface area contributed by atoms with E-state index in [0.717, 1.165) is 13.1 Å². The number of sulfonamides is 1. The van der Waals surface area contributed by atoms with Gasteiger partial charge in [0, 0.05) is 45.3 Å². The molecule has 29 heavy (non-hydrogen) atoms. The van der Waals surface area contributed by atoms with Crippen molar-refractivity contribution in [3.05, 3.63) is 29.0 Å². The van der Waals surface area contributed by atoms with E-state index in [1.54, 1.807) is 6.07 Å². The van der Waals surface area contributed by atoms with Crippen LogP contribution in [-0.2, 0) is 14.8 Å². The van der Waals surface area contributed by atoms with Gasteiger partial charge in [-0.2, -0.15) is 4.31 Å². The Hall–Kier alpha value is -1.46. The number of carbonyl (C=O) groups is 1. The molecule has 0 spiro atoms. The van der Waals surface area contributed by atoms with Crippen LogP contribution in [0.25, 0.3) is 0 Å². The summed E-state index contributed by atoms with van der Waals surface area (Å²) in [6.07, 6.45) is 1.72. The molecule has 162 valence electrons. The number of carbonyl (C=O) groups excluding carboxylic acids is 1. The van der Waals surface area contributed by atoms with E-state index < -0.39 is 21.9 Å². The van der Waals surface area contributed by atoms with Gasteiger partial charge < -0.3 is 15.0 Å². The zero-order valence-electron chi connectivity index (χ0n) is 16.3. The number of nitrogens with zero attached hydrogens (tertiary/aromatic N) is 3. The first-order chi connectivity index (χ1) is 13.8. The number of amides is 2. The van der Waals surface area contributed by atoms with E-state index in [1.807, 2.05) is 0 Å². The number of anilines is 1. The van der Waals surface area contributed by atoms with Crippen molar-refractivity contribution in [2.45, 2.75) is 12.5 Å². The van der Waals surface area contributed by atoms with Gasteiger partial charge in [-0.25, -0.2) is 17.6 Å². The van der Waals surface area contributed by atoms with Gasteiger partial charge in [0.15, 0.2) is 5.82 Å². The third-order valence-corrected chi connectivity index (χ3v) is 6.84. The zero-order valence-corrected chi connectivity index (χ0v) is 17.9. The quantitative estimate of drug-likeness (QED) is 0.716. The average molecular weight is 449 g/mol. The summed E-state index contributed by atoms with van der Waals surface area (Å²) in [6.45, 7) is 4.48. The topological polar surface area (TPSA) is 82.2 Å². The van der Waals surface area contributed by atoms with Crippen molar-refractivity contribution in [3.63, 3.8) is 0 Å². The Morgan fingerprint density at radius 3 is 2.76 bits per heavy atom. The Balaban J connectivity index is 1.60. The first kappa shape index (κ1) is 22.2. The van der Waals surface area contributed by atoms with Gasteiger partial charge in [-0.1, -0.05) is 17.7 Å². The fourth-order valence-corrected chi connectivity index (χ4v) is 4.94. The number of urea groups is 1. The van der Waals surface area contributed by atoms with Crippen LogP contribution >= 0.6 is 11.6 Å². The number of rotatable bonds is 6. The van der Waals surface area contributed by atoms with Crippen molar-refractivity contribution < 1.29 is 22.3 Å². The van der Waals surface area contributed by atoms with E-state index in [4.69, 9.17) is 16.3 Å². The number of nitrogens with one attached hydrogen (secondary N) is 1. The first-order valence-electron chi connectivity index (χ1n) is 9.52. The second kappa shape index (κ2) is 9.57. The Labute approximate surface area is 175 Å². The summed E-state index contributed by atoms with van der Waals surface area (Å²) >= 11 is 5.75. The normalized spacial score (nSPS) is 21.0. The van der Waals surface area contributed by atoms with Crippen LogP contribution < -0.4 is 5.32 Å². The lowest BCUT2D eigenvalue weighted by Gasteiger charge is -2.31. The highest BCUT2D eigenvalue weighted by atomic mass is 35.5. The predicted molar refractivity (Wildman–Crippen MR) is 109 cm³/mol. The van der Waals surface area contributed by atoms with Gasteiger partial charge in [-0.3, -0.25) is 4.90 Å². The summed E-state index contributed by atoms with van der Waals surface area (Å²) in [5.74, 6) is -0.693. The number of ether oxygens (including phenoxy) is 1. The average Bonchev–Trinajstić information content (AvgIpc) is 3.15. The standard InChI is InChI=1S/C18H26ClFN4O4S/c1-29(26,27)24(8-7-22-9-11-28-12-10-22)14-5-6-23(13-14)18(25)21-16-4-2-3-15(19)17(16)20/h2-4,14H,5-13H2,1H3,(H,21,25). The molecule has 2 fully saturated rings. The SMILES string of the molecule is CS(=O)(=O)N(CCN1CCOCC1)C1CCN(C(=O)Nc2cccc(Cl)c2F)C1. The molecular weight excluding hydrogens is 423 g/mol. The van der Waals surface area contributed by atoms with Gasteiger partial charge in [0.05, 0.1) is 30.2 Å². The summed E-state index contributed by atoms with van der Waals surface area (Å²) in [5.41, 5.74) is -0.00163. The summed E-state index contributed by atoms with van der Waals surface area (Å²) in [4.78, 5) is 16.2. The van der Waals surface area contributed by atoms with Crippen molar-refractivity contribution in [2.75, 3.05) is 64.1 Å². The second-order valence-corrected chi connectivity index (χ2v) is 9.59. The molecule has 3 rings (SSSR count). The Morgan fingerprint density at radius 2 is 2.07 bits per heavy atom. The fraction of sp³-hybridized carbons (Fsp3) is 0.611. The molecule has 2 heterocycles. The molecule has 0 bridgehead atoms. The summed E-state index contributed by atoms with van der Waals surface area (Å²) < 4.78 is 45.5. The van der Waals surface area contributed by atoms with E-state index in [-0.39, 0.29) is 23.3 Å². The highest BCUT2D eigenvalue weighted by Gasteiger charge is 2.35. The second-order valence-electron chi connectivity index (χ2n) is 7.25. The lowest BCUT2D eigenvalue weighted by atomic mass is 10.2. The lowest BCUT2D eigenvalue weighted by Crippen LogP contribution is -2.47. The van der Waals surface area contributed by atoms with Crippen molar-refractivity contribution in [1.29, 1.82) is 0 Å². The molecule has 11 heteroatoms. The van der Waals surface area contributed by atoms with E-state index in [2.05, 4.69) is 10.2 Å². The molecule has 0 aliphatic carbocycles. The first-order valence-corrected chi connectivity index (χ1v) is 11.7. The maximum atomic E-state index is 14.0. The molecule has 2 aliphatic rings. The van der Waals surface area contributed by atoms with Crippen LogP contribution in [-0.4, -0.2) is 93.3 Å². The van der Waals surface area contributed by atoms with E-state index in [9.17, 15) is 17.6 Å². The minimum absolute atomic E-state index is 0.00163. The molecule has 1 aromatic rings. The van der Waals surface area contributed by atoms with E-state index in [0.29, 0.717) is 39.3 Å². The molecule has 2 saturated heterocycles. The molecule has 0 radical (unpaired) electrons. The van der Waals surface area contributed by atoms with Crippen molar-refractivity contribution >= 4 is 33.3 Å². The van der Waals surface area contributed by atoms with Crippen molar-refractivity contribution in [1.82, 2.24) is 14.1 Å². The third-order valence-electron chi connectivity index (χ3n) is 5.22. The maximum Gasteiger partial charge on any atom is 0.321 e. The highest BCUT2D eigenvalue weighted by molar-refractivity contribution is 7.88. The van der Waals surface area contributed by atoms with Crippen LogP contribution in [0.5, 0.6) is 0 Å². The Kier molecular flexibility index (Phi) is 7.33. The van der Waals surface area contributed by atoms with E-state index in [1.165, 1.54) is 27.6 Å². The number of hydrogen-bond donors (Lipinski definition) is 1. The van der Waals surface area contributed by atoms with E-state index >= 15 is 0 Å². The van der Waals surface area contributed by atoms with Gasteiger partial charge >= 0.3 is 6.03 Å². The molecule has 8 nitrogen and oxygen atoms in total.